The molecule has 0 radical (unpaired) electrons. The number of ether oxygens (including phenoxy) is 3. The van der Waals surface area contributed by atoms with Gasteiger partial charge < -0.3 is 14.2 Å². The number of allylic oxidation sites excluding steroid dienone is 8. The molecule has 0 aliphatic carbocycles. The Hall–Kier alpha value is -2.63. The first-order chi connectivity index (χ1) is 40.5. The normalized spacial score (nSPS) is 12.3. The molecule has 0 aromatic rings. The summed E-state index contributed by atoms with van der Waals surface area (Å²) in [4.78, 5) is 38.5. The topological polar surface area (TPSA) is 78.9 Å². The van der Waals surface area contributed by atoms with Crippen LogP contribution in [0.5, 0.6) is 0 Å². The van der Waals surface area contributed by atoms with Crippen LogP contribution in [0.1, 0.15) is 400 Å². The lowest BCUT2D eigenvalue weighted by Gasteiger charge is -2.18. The van der Waals surface area contributed by atoms with Crippen LogP contribution >= 0.6 is 0 Å². The molecule has 0 amide bonds. The summed E-state index contributed by atoms with van der Waals surface area (Å²) in [5.41, 5.74) is 0. The minimum absolute atomic E-state index is 0.0754. The number of hydrogen-bond acceptors (Lipinski definition) is 6. The molecular weight excluding hydrogens is 1010 g/mol. The Morgan fingerprint density at radius 2 is 0.476 bits per heavy atom. The summed E-state index contributed by atoms with van der Waals surface area (Å²) in [7, 11) is 0. The maximum Gasteiger partial charge on any atom is 0.306 e. The molecule has 0 aromatic heterocycles. The van der Waals surface area contributed by atoms with Gasteiger partial charge in [-0.15, -0.1) is 0 Å². The summed E-state index contributed by atoms with van der Waals surface area (Å²) in [5, 5.41) is 0. The van der Waals surface area contributed by atoms with E-state index in [0.29, 0.717) is 19.3 Å². The SMILES string of the molecule is CC/C=C\C/C=C\C/C=C\CCCCCCCC(=O)OCC(COC(=O)CCCCCCCCCCCCCCCCCCCCCCCCCCCCCC)OC(=O)CCCCCCCCCCC/C=C\CCCCCCCCCC. The van der Waals surface area contributed by atoms with E-state index in [2.05, 4.69) is 69.4 Å². The molecule has 0 fully saturated rings. The van der Waals surface area contributed by atoms with Crippen molar-refractivity contribution in [3.63, 3.8) is 0 Å². The van der Waals surface area contributed by atoms with Crippen molar-refractivity contribution < 1.29 is 28.6 Å². The van der Waals surface area contributed by atoms with Crippen LogP contribution < -0.4 is 0 Å². The molecule has 480 valence electrons. The highest BCUT2D eigenvalue weighted by molar-refractivity contribution is 5.71. The van der Waals surface area contributed by atoms with Gasteiger partial charge in [-0.2, -0.15) is 0 Å². The zero-order chi connectivity index (χ0) is 59.2. The van der Waals surface area contributed by atoms with Crippen LogP contribution in [0.3, 0.4) is 0 Å². The molecule has 0 aliphatic rings. The van der Waals surface area contributed by atoms with Crippen LogP contribution in [-0.2, 0) is 28.6 Å². The smallest absolute Gasteiger partial charge is 0.306 e. The molecule has 0 saturated heterocycles. The van der Waals surface area contributed by atoms with Gasteiger partial charge in [0.25, 0.3) is 0 Å². The fraction of sp³-hybridized carbons (Fsp3) is 0.855. The average molecular weight is 1150 g/mol. The molecule has 1 atom stereocenters. The number of rotatable bonds is 68. The van der Waals surface area contributed by atoms with Crippen LogP contribution in [0.2, 0.25) is 0 Å². The number of esters is 3. The number of carbonyl (C=O) groups excluding carboxylic acids is 3. The quantitative estimate of drug-likeness (QED) is 0.0261. The van der Waals surface area contributed by atoms with Gasteiger partial charge >= 0.3 is 17.9 Å². The van der Waals surface area contributed by atoms with Crippen LogP contribution in [0.4, 0.5) is 0 Å². The summed E-state index contributed by atoms with van der Waals surface area (Å²) in [5.74, 6) is -0.868. The number of unbranched alkanes of at least 4 members (excludes halogenated alkanes) is 49. The van der Waals surface area contributed by atoms with Crippen molar-refractivity contribution >= 4 is 17.9 Å². The molecule has 0 rings (SSSR count). The second-order valence-electron chi connectivity index (χ2n) is 24.8. The molecule has 0 spiro atoms. The van der Waals surface area contributed by atoms with Crippen molar-refractivity contribution in [2.45, 2.75) is 406 Å². The molecule has 1 unspecified atom stereocenters. The largest absolute Gasteiger partial charge is 0.462 e. The summed E-state index contributed by atoms with van der Waals surface area (Å²) < 4.78 is 17.0. The van der Waals surface area contributed by atoms with E-state index in [1.54, 1.807) is 0 Å². The standard InChI is InChI=1S/C76H140O6/c1-4-7-10-13-16-19-22-25-28-30-32-34-35-36-37-38-39-40-42-43-45-48-51-54-57-60-63-66-69-75(78)81-72-73(71-80-74(77)68-65-62-59-56-53-50-47-27-24-21-18-15-12-9-6-3)82-76(79)70-67-64-61-58-55-52-49-46-44-41-33-31-29-26-23-20-17-14-11-8-5-2/h9,12,18,21,27,31,33,47,73H,4-8,10-11,13-17,19-20,22-26,28-30,32,34-46,48-72H2,1-3H3/b12-9-,21-18-,33-31-,47-27-. The van der Waals surface area contributed by atoms with Crippen molar-refractivity contribution in [3.05, 3.63) is 48.6 Å². The lowest BCUT2D eigenvalue weighted by atomic mass is 10.0. The Morgan fingerprint density at radius 3 is 0.756 bits per heavy atom. The van der Waals surface area contributed by atoms with Gasteiger partial charge in [-0.05, 0) is 77.0 Å². The fourth-order valence-electron chi connectivity index (χ4n) is 11.1. The van der Waals surface area contributed by atoms with Gasteiger partial charge in [0.1, 0.15) is 13.2 Å². The summed E-state index contributed by atoms with van der Waals surface area (Å²) in [6, 6.07) is 0. The van der Waals surface area contributed by atoms with Gasteiger partial charge in [0.05, 0.1) is 0 Å². The summed E-state index contributed by atoms with van der Waals surface area (Å²) in [6.45, 7) is 6.59. The third-order valence-corrected chi connectivity index (χ3v) is 16.6. The van der Waals surface area contributed by atoms with E-state index in [-0.39, 0.29) is 31.1 Å². The van der Waals surface area contributed by atoms with Crippen molar-refractivity contribution in [2.75, 3.05) is 13.2 Å². The van der Waals surface area contributed by atoms with Gasteiger partial charge in [-0.1, -0.05) is 352 Å². The Labute approximate surface area is 511 Å². The van der Waals surface area contributed by atoms with Crippen molar-refractivity contribution in [1.29, 1.82) is 0 Å². The van der Waals surface area contributed by atoms with Crippen LogP contribution in [0.25, 0.3) is 0 Å². The first kappa shape index (κ1) is 79.4. The Kier molecular flexibility index (Phi) is 68.6. The van der Waals surface area contributed by atoms with Gasteiger partial charge in [-0.3, -0.25) is 14.4 Å². The highest BCUT2D eigenvalue weighted by Crippen LogP contribution is 2.19. The number of hydrogen-bond donors (Lipinski definition) is 0. The Morgan fingerprint density at radius 1 is 0.256 bits per heavy atom. The van der Waals surface area contributed by atoms with E-state index in [1.807, 2.05) is 0 Å². The predicted molar refractivity (Wildman–Crippen MR) is 358 cm³/mol. The summed E-state index contributed by atoms with van der Waals surface area (Å²) in [6.07, 6.45) is 90.1. The molecule has 82 heavy (non-hydrogen) atoms. The van der Waals surface area contributed by atoms with Crippen molar-refractivity contribution in [3.8, 4) is 0 Å². The van der Waals surface area contributed by atoms with E-state index in [0.717, 1.165) is 96.3 Å². The Balaban J connectivity index is 4.23. The van der Waals surface area contributed by atoms with Gasteiger partial charge in [0.15, 0.2) is 6.10 Å². The molecule has 6 nitrogen and oxygen atoms in total. The van der Waals surface area contributed by atoms with Gasteiger partial charge in [0.2, 0.25) is 0 Å². The maximum absolute atomic E-state index is 13.0. The molecule has 0 heterocycles. The van der Waals surface area contributed by atoms with E-state index < -0.39 is 6.10 Å². The molecule has 0 bridgehead atoms. The molecule has 0 N–H and O–H groups in total. The minimum Gasteiger partial charge on any atom is -0.462 e. The fourth-order valence-corrected chi connectivity index (χ4v) is 11.1. The molecule has 0 saturated carbocycles. The van der Waals surface area contributed by atoms with Crippen molar-refractivity contribution in [1.82, 2.24) is 0 Å². The lowest BCUT2D eigenvalue weighted by Crippen LogP contribution is -2.30. The number of carbonyl (C=O) groups is 3. The monoisotopic (exact) mass is 1150 g/mol. The zero-order valence-corrected chi connectivity index (χ0v) is 55.3. The molecule has 0 aromatic carbocycles. The third kappa shape index (κ3) is 68.2. The van der Waals surface area contributed by atoms with Gasteiger partial charge in [-0.25, -0.2) is 0 Å². The zero-order valence-electron chi connectivity index (χ0n) is 55.3. The molecule has 0 aliphatic heterocycles. The predicted octanol–water partition coefficient (Wildman–Crippen LogP) is 25.3. The second-order valence-corrected chi connectivity index (χ2v) is 24.8. The summed E-state index contributed by atoms with van der Waals surface area (Å²) >= 11 is 0. The Bertz CT molecular complexity index is 1410. The van der Waals surface area contributed by atoms with Crippen LogP contribution in [-0.4, -0.2) is 37.2 Å². The highest BCUT2D eigenvalue weighted by Gasteiger charge is 2.19. The lowest BCUT2D eigenvalue weighted by molar-refractivity contribution is -0.167. The van der Waals surface area contributed by atoms with Crippen LogP contribution in [0, 0.1) is 0 Å². The van der Waals surface area contributed by atoms with Crippen LogP contribution in [0.15, 0.2) is 48.6 Å². The third-order valence-electron chi connectivity index (χ3n) is 16.6. The van der Waals surface area contributed by atoms with E-state index in [9.17, 15) is 14.4 Å². The van der Waals surface area contributed by atoms with E-state index in [1.165, 1.54) is 263 Å². The maximum atomic E-state index is 13.0. The minimum atomic E-state index is -0.782. The van der Waals surface area contributed by atoms with E-state index >= 15 is 0 Å². The first-order valence-electron chi connectivity index (χ1n) is 36.6. The molecule has 6 heteroatoms. The van der Waals surface area contributed by atoms with E-state index in [4.69, 9.17) is 14.2 Å². The second kappa shape index (κ2) is 70.9. The molecular formula is C76H140O6. The highest BCUT2D eigenvalue weighted by atomic mass is 16.6. The van der Waals surface area contributed by atoms with Gasteiger partial charge in [0, 0.05) is 19.3 Å². The van der Waals surface area contributed by atoms with Crippen molar-refractivity contribution in [2.24, 2.45) is 0 Å². The first-order valence-corrected chi connectivity index (χ1v) is 36.6. The average Bonchev–Trinajstić information content (AvgIpc) is 3.47.